The molecule has 4 nitrogen and oxygen atoms in total. The molecule has 0 saturated heterocycles. The molecule has 0 unspecified atom stereocenters. The van der Waals surface area contributed by atoms with Crippen LogP contribution >= 0.6 is 7.26 Å². The molecule has 0 spiro atoms. The Morgan fingerprint density at radius 2 is 1.73 bits per heavy atom. The third-order valence-electron chi connectivity index (χ3n) is 4.73. The maximum absolute atomic E-state index is 12.5. The molecular formula is C17H28NO3P. The van der Waals surface area contributed by atoms with Crippen LogP contribution in [0.1, 0.15) is 36.7 Å². The molecule has 1 rings (SSSR count). The SMILES string of the molecule is CC[PH](CC)(CC)CC(=O)Nc1c(C)cccc1C(=O)OC. The Morgan fingerprint density at radius 3 is 2.23 bits per heavy atom. The van der Waals surface area contributed by atoms with Crippen molar-refractivity contribution in [2.45, 2.75) is 27.7 Å². The van der Waals surface area contributed by atoms with Gasteiger partial charge in [-0.2, -0.15) is 0 Å². The van der Waals surface area contributed by atoms with Crippen LogP contribution in [0.3, 0.4) is 0 Å². The zero-order chi connectivity index (χ0) is 16.8. The summed E-state index contributed by atoms with van der Waals surface area (Å²) in [6.07, 6.45) is 3.91. The average molecular weight is 325 g/mol. The van der Waals surface area contributed by atoms with Crippen molar-refractivity contribution in [2.75, 3.05) is 37.1 Å². The molecule has 0 bridgehead atoms. The second-order valence-electron chi connectivity index (χ2n) is 5.77. The van der Waals surface area contributed by atoms with E-state index in [0.29, 0.717) is 17.4 Å². The summed E-state index contributed by atoms with van der Waals surface area (Å²) in [4.78, 5) is 24.3. The van der Waals surface area contributed by atoms with Gasteiger partial charge in [0.05, 0.1) is 0 Å². The van der Waals surface area contributed by atoms with Gasteiger partial charge in [0, 0.05) is 0 Å². The Bertz CT molecular complexity index is 530. The number of aryl methyl sites for hydroxylation is 1. The third-order valence-corrected chi connectivity index (χ3v) is 10.3. The summed E-state index contributed by atoms with van der Waals surface area (Å²) in [5.74, 6) is -0.416. The molecule has 0 aliphatic heterocycles. The van der Waals surface area contributed by atoms with Crippen LogP contribution in [-0.4, -0.2) is 43.6 Å². The molecule has 124 valence electrons. The van der Waals surface area contributed by atoms with Crippen LogP contribution in [0.15, 0.2) is 18.2 Å². The molecule has 1 aromatic carbocycles. The van der Waals surface area contributed by atoms with Crippen LogP contribution in [0.5, 0.6) is 0 Å². The van der Waals surface area contributed by atoms with E-state index < -0.39 is 13.2 Å². The first kappa shape index (κ1) is 18.6. The molecule has 1 amide bonds. The second kappa shape index (κ2) is 8.28. The van der Waals surface area contributed by atoms with E-state index in [0.717, 1.165) is 24.0 Å². The molecular weight excluding hydrogens is 297 g/mol. The van der Waals surface area contributed by atoms with Gasteiger partial charge in [-0.3, -0.25) is 0 Å². The van der Waals surface area contributed by atoms with Gasteiger partial charge < -0.3 is 0 Å². The van der Waals surface area contributed by atoms with Crippen LogP contribution < -0.4 is 5.32 Å². The van der Waals surface area contributed by atoms with E-state index in [1.807, 2.05) is 13.0 Å². The number of hydrogen-bond donors (Lipinski definition) is 1. The van der Waals surface area contributed by atoms with Crippen molar-refractivity contribution in [1.82, 2.24) is 0 Å². The Labute approximate surface area is 134 Å². The van der Waals surface area contributed by atoms with Crippen molar-refractivity contribution in [3.05, 3.63) is 29.3 Å². The van der Waals surface area contributed by atoms with E-state index in [9.17, 15) is 9.59 Å². The Balaban J connectivity index is 3.00. The number of para-hydroxylation sites is 1. The summed E-state index contributed by atoms with van der Waals surface area (Å²) in [5.41, 5.74) is 1.85. The molecule has 0 aliphatic carbocycles. The van der Waals surface area contributed by atoms with Gasteiger partial charge in [-0.1, -0.05) is 0 Å². The van der Waals surface area contributed by atoms with Gasteiger partial charge in [0.25, 0.3) is 0 Å². The summed E-state index contributed by atoms with van der Waals surface area (Å²) in [6, 6.07) is 5.35. The predicted molar refractivity (Wildman–Crippen MR) is 96.0 cm³/mol. The van der Waals surface area contributed by atoms with Crippen molar-refractivity contribution >= 4 is 24.8 Å². The number of carbonyl (C=O) groups is 2. The number of carbonyl (C=O) groups excluding carboxylic acids is 2. The van der Waals surface area contributed by atoms with Crippen molar-refractivity contribution in [2.24, 2.45) is 0 Å². The number of hydrogen-bond acceptors (Lipinski definition) is 3. The van der Waals surface area contributed by atoms with E-state index >= 15 is 0 Å². The molecule has 0 radical (unpaired) electrons. The summed E-state index contributed by atoms with van der Waals surface area (Å²) < 4.78 is 4.80. The van der Waals surface area contributed by atoms with Crippen LogP contribution in [-0.2, 0) is 9.53 Å². The number of nitrogens with one attached hydrogen (secondary N) is 1. The minimum absolute atomic E-state index is 0.0108. The number of benzene rings is 1. The van der Waals surface area contributed by atoms with Crippen molar-refractivity contribution in [1.29, 1.82) is 0 Å². The molecule has 0 aromatic heterocycles. The van der Waals surface area contributed by atoms with Gasteiger partial charge in [0.15, 0.2) is 0 Å². The Morgan fingerprint density at radius 1 is 1.14 bits per heavy atom. The second-order valence-corrected chi connectivity index (χ2v) is 11.2. The number of esters is 1. The summed E-state index contributed by atoms with van der Waals surface area (Å²) in [6.45, 7) is 8.42. The zero-order valence-corrected chi connectivity index (χ0v) is 15.3. The fourth-order valence-electron chi connectivity index (χ4n) is 2.76. The van der Waals surface area contributed by atoms with Gasteiger partial charge in [-0.15, -0.1) is 0 Å². The number of ether oxygens (including phenoxy) is 1. The molecule has 0 aliphatic rings. The minimum atomic E-state index is -1.53. The fraction of sp³-hybridized carbons (Fsp3) is 0.529. The molecule has 1 aromatic rings. The van der Waals surface area contributed by atoms with E-state index in [1.54, 1.807) is 12.1 Å². The quantitative estimate of drug-likeness (QED) is 0.616. The third kappa shape index (κ3) is 4.30. The van der Waals surface area contributed by atoms with Crippen molar-refractivity contribution < 1.29 is 14.3 Å². The number of amides is 1. The van der Waals surface area contributed by atoms with Gasteiger partial charge >= 0.3 is 133 Å². The Kier molecular flexibility index (Phi) is 7.02. The van der Waals surface area contributed by atoms with E-state index in [2.05, 4.69) is 26.1 Å². The van der Waals surface area contributed by atoms with Crippen LogP contribution in [0.2, 0.25) is 0 Å². The molecule has 0 saturated carbocycles. The molecule has 5 heteroatoms. The summed E-state index contributed by atoms with van der Waals surface area (Å²) in [7, 11) is -0.186. The number of rotatable bonds is 7. The fourth-order valence-corrected chi connectivity index (χ4v) is 5.78. The van der Waals surface area contributed by atoms with E-state index in [-0.39, 0.29) is 5.91 Å². The first-order valence-electron chi connectivity index (χ1n) is 7.90. The normalized spacial score (nSPS) is 11.9. The molecule has 0 fully saturated rings. The maximum atomic E-state index is 12.5. The topological polar surface area (TPSA) is 55.4 Å². The summed E-state index contributed by atoms with van der Waals surface area (Å²) in [5, 5.41) is 2.95. The van der Waals surface area contributed by atoms with Gasteiger partial charge in [0.2, 0.25) is 0 Å². The molecule has 1 N–H and O–H groups in total. The standard InChI is InChI=1S/C17H28NO3P/c1-6-22(7-2,8-3)12-15(19)18-16-13(4)10-9-11-14(16)17(20)21-5/h9-11,22H,6-8,12H2,1-5H3,(H,18,19). The van der Waals surface area contributed by atoms with Gasteiger partial charge in [-0.05, 0) is 0 Å². The molecule has 22 heavy (non-hydrogen) atoms. The van der Waals surface area contributed by atoms with Crippen molar-refractivity contribution in [3.63, 3.8) is 0 Å². The molecule has 0 heterocycles. The van der Waals surface area contributed by atoms with E-state index in [4.69, 9.17) is 4.74 Å². The Hall–Kier alpha value is -1.41. The monoisotopic (exact) mass is 325 g/mol. The average Bonchev–Trinajstić information content (AvgIpc) is 2.54. The number of anilines is 1. The number of methoxy groups -OCH3 is 1. The van der Waals surface area contributed by atoms with Crippen LogP contribution in [0.25, 0.3) is 0 Å². The first-order chi connectivity index (χ1) is 10.4. The van der Waals surface area contributed by atoms with Crippen LogP contribution in [0.4, 0.5) is 5.69 Å². The van der Waals surface area contributed by atoms with E-state index in [1.165, 1.54) is 7.11 Å². The zero-order valence-electron chi connectivity index (χ0n) is 14.3. The predicted octanol–water partition coefficient (Wildman–Crippen LogP) is 3.53. The van der Waals surface area contributed by atoms with Gasteiger partial charge in [-0.25, -0.2) is 0 Å². The summed E-state index contributed by atoms with van der Waals surface area (Å²) >= 11 is 0. The molecule has 0 atom stereocenters. The van der Waals surface area contributed by atoms with Crippen LogP contribution in [0, 0.1) is 6.92 Å². The first-order valence-corrected chi connectivity index (χ1v) is 10.7. The van der Waals surface area contributed by atoms with Gasteiger partial charge in [0.1, 0.15) is 0 Å². The van der Waals surface area contributed by atoms with Crippen molar-refractivity contribution in [3.8, 4) is 0 Å².